The molecule has 0 bridgehead atoms. The maximum absolute atomic E-state index is 6.80. The summed E-state index contributed by atoms with van der Waals surface area (Å²) in [6.07, 6.45) is 6.65. The lowest BCUT2D eigenvalue weighted by molar-refractivity contribution is 0.138. The average Bonchev–Trinajstić information content (AvgIpc) is 2.41. The van der Waals surface area contributed by atoms with E-state index >= 15 is 0 Å². The molecule has 2 rings (SSSR count). The number of nitrogens with two attached hydrogens (primary N) is 1. The minimum Gasteiger partial charge on any atom is -0.321 e. The first-order chi connectivity index (χ1) is 8.96. The van der Waals surface area contributed by atoms with Crippen LogP contribution in [-0.2, 0) is 5.54 Å². The first-order valence-electron chi connectivity index (χ1n) is 7.83. The van der Waals surface area contributed by atoms with Gasteiger partial charge in [0.1, 0.15) is 0 Å². The lowest BCUT2D eigenvalue weighted by atomic mass is 9.66. The van der Waals surface area contributed by atoms with Gasteiger partial charge in [0.2, 0.25) is 0 Å². The van der Waals surface area contributed by atoms with Gasteiger partial charge in [0, 0.05) is 5.54 Å². The van der Waals surface area contributed by atoms with Crippen LogP contribution < -0.4 is 5.73 Å². The minimum atomic E-state index is -0.181. The van der Waals surface area contributed by atoms with Crippen molar-refractivity contribution in [3.63, 3.8) is 0 Å². The average molecular weight is 259 g/mol. The van der Waals surface area contributed by atoms with E-state index in [0.717, 1.165) is 5.92 Å². The van der Waals surface area contributed by atoms with E-state index in [1.807, 2.05) is 0 Å². The van der Waals surface area contributed by atoms with Crippen LogP contribution in [0.25, 0.3) is 0 Å². The van der Waals surface area contributed by atoms with Gasteiger partial charge in [0.25, 0.3) is 0 Å². The molecule has 1 aromatic rings. The molecule has 1 aromatic carbocycles. The topological polar surface area (TPSA) is 26.0 Å². The third kappa shape index (κ3) is 2.86. The second kappa shape index (κ2) is 5.66. The van der Waals surface area contributed by atoms with Crippen molar-refractivity contribution in [1.82, 2.24) is 0 Å². The fourth-order valence-corrected chi connectivity index (χ4v) is 3.78. The Hall–Kier alpha value is -0.820. The number of benzene rings is 1. The molecule has 1 fully saturated rings. The van der Waals surface area contributed by atoms with Crippen LogP contribution in [0.2, 0.25) is 0 Å². The molecule has 1 aliphatic rings. The molecule has 1 saturated carbocycles. The summed E-state index contributed by atoms with van der Waals surface area (Å²) < 4.78 is 0. The van der Waals surface area contributed by atoms with Gasteiger partial charge in [-0.3, -0.25) is 0 Å². The Kier molecular flexibility index (Phi) is 4.35. The Balaban J connectivity index is 2.31. The summed E-state index contributed by atoms with van der Waals surface area (Å²) in [5, 5.41) is 0. The first kappa shape index (κ1) is 14.6. The van der Waals surface area contributed by atoms with Crippen molar-refractivity contribution in [2.75, 3.05) is 0 Å². The van der Waals surface area contributed by atoms with E-state index in [1.165, 1.54) is 48.8 Å². The fraction of sp³-hybridized carbons (Fsp3) is 0.667. The molecular formula is C18H29N. The molecular weight excluding hydrogens is 230 g/mol. The highest BCUT2D eigenvalue weighted by Gasteiger charge is 2.38. The monoisotopic (exact) mass is 259 g/mol. The van der Waals surface area contributed by atoms with Crippen molar-refractivity contribution in [3.05, 3.63) is 34.9 Å². The number of hydrogen-bond acceptors (Lipinski definition) is 1. The quantitative estimate of drug-likeness (QED) is 0.837. The summed E-state index contributed by atoms with van der Waals surface area (Å²) in [7, 11) is 0. The molecule has 0 saturated heterocycles. The van der Waals surface area contributed by atoms with E-state index in [9.17, 15) is 0 Å². The minimum absolute atomic E-state index is 0.181. The van der Waals surface area contributed by atoms with Crippen molar-refractivity contribution >= 4 is 0 Å². The molecule has 0 heterocycles. The van der Waals surface area contributed by atoms with Gasteiger partial charge in [-0.2, -0.15) is 0 Å². The second-order valence-corrected chi connectivity index (χ2v) is 6.64. The zero-order valence-electron chi connectivity index (χ0n) is 13.0. The highest BCUT2D eigenvalue weighted by molar-refractivity contribution is 5.34. The third-order valence-electron chi connectivity index (χ3n) is 5.33. The summed E-state index contributed by atoms with van der Waals surface area (Å²) in [5.41, 5.74) is 10.7. The van der Waals surface area contributed by atoms with Crippen LogP contribution >= 0.6 is 0 Å². The van der Waals surface area contributed by atoms with Crippen molar-refractivity contribution in [3.8, 4) is 0 Å². The summed E-state index contributed by atoms with van der Waals surface area (Å²) in [4.78, 5) is 0. The van der Waals surface area contributed by atoms with Gasteiger partial charge in [-0.25, -0.2) is 0 Å². The molecule has 3 atom stereocenters. The van der Waals surface area contributed by atoms with Crippen LogP contribution in [0.15, 0.2) is 18.2 Å². The van der Waals surface area contributed by atoms with E-state index in [4.69, 9.17) is 5.73 Å². The highest BCUT2D eigenvalue weighted by atomic mass is 14.8. The smallest absolute Gasteiger partial charge is 0.0412 e. The molecule has 19 heavy (non-hydrogen) atoms. The van der Waals surface area contributed by atoms with Gasteiger partial charge in [-0.15, -0.1) is 0 Å². The van der Waals surface area contributed by atoms with E-state index in [0.29, 0.717) is 5.92 Å². The van der Waals surface area contributed by atoms with E-state index in [2.05, 4.69) is 45.9 Å². The van der Waals surface area contributed by atoms with E-state index in [-0.39, 0.29) is 5.54 Å². The molecule has 1 aliphatic carbocycles. The van der Waals surface area contributed by atoms with Gasteiger partial charge in [-0.1, -0.05) is 50.8 Å². The molecule has 2 N–H and O–H groups in total. The Morgan fingerprint density at radius 1 is 1.16 bits per heavy atom. The van der Waals surface area contributed by atoms with Gasteiger partial charge >= 0.3 is 0 Å². The molecule has 0 aromatic heterocycles. The SMILES string of the molecule is CCC1CCCCC1C(C)(N)c1ccc(C)c(C)c1. The van der Waals surface area contributed by atoms with Crippen LogP contribution in [0.4, 0.5) is 0 Å². The Morgan fingerprint density at radius 3 is 2.47 bits per heavy atom. The molecule has 0 amide bonds. The van der Waals surface area contributed by atoms with Crippen LogP contribution in [0.1, 0.15) is 62.6 Å². The van der Waals surface area contributed by atoms with Gasteiger partial charge in [-0.05, 0) is 55.7 Å². The lowest BCUT2D eigenvalue weighted by Gasteiger charge is -2.42. The van der Waals surface area contributed by atoms with Crippen molar-refractivity contribution in [2.24, 2.45) is 17.6 Å². The predicted molar refractivity (Wildman–Crippen MR) is 83.2 cm³/mol. The maximum atomic E-state index is 6.80. The molecule has 1 nitrogen and oxygen atoms in total. The molecule has 1 heteroatoms. The Morgan fingerprint density at radius 2 is 1.84 bits per heavy atom. The molecule has 106 valence electrons. The summed E-state index contributed by atoms with van der Waals surface area (Å²) in [6.45, 7) is 8.92. The van der Waals surface area contributed by atoms with Crippen molar-refractivity contribution in [1.29, 1.82) is 0 Å². The predicted octanol–water partition coefficient (Wildman–Crippen LogP) is 4.69. The zero-order valence-corrected chi connectivity index (χ0v) is 13.0. The first-order valence-corrected chi connectivity index (χ1v) is 7.83. The summed E-state index contributed by atoms with van der Waals surface area (Å²) >= 11 is 0. The van der Waals surface area contributed by atoms with Crippen LogP contribution in [0, 0.1) is 25.7 Å². The number of rotatable bonds is 3. The largest absolute Gasteiger partial charge is 0.321 e. The maximum Gasteiger partial charge on any atom is 0.0412 e. The van der Waals surface area contributed by atoms with Crippen molar-refractivity contribution < 1.29 is 0 Å². The van der Waals surface area contributed by atoms with Gasteiger partial charge in [0.15, 0.2) is 0 Å². The van der Waals surface area contributed by atoms with Gasteiger partial charge in [0.05, 0.1) is 0 Å². The Labute approximate surface area is 118 Å². The van der Waals surface area contributed by atoms with Crippen molar-refractivity contribution in [2.45, 2.75) is 65.3 Å². The number of hydrogen-bond donors (Lipinski definition) is 1. The van der Waals surface area contributed by atoms with Gasteiger partial charge < -0.3 is 5.73 Å². The fourth-order valence-electron chi connectivity index (χ4n) is 3.78. The Bertz CT molecular complexity index is 433. The second-order valence-electron chi connectivity index (χ2n) is 6.64. The summed E-state index contributed by atoms with van der Waals surface area (Å²) in [5.74, 6) is 1.43. The van der Waals surface area contributed by atoms with Crippen LogP contribution in [-0.4, -0.2) is 0 Å². The van der Waals surface area contributed by atoms with Crippen LogP contribution in [0.3, 0.4) is 0 Å². The molecule has 0 spiro atoms. The van der Waals surface area contributed by atoms with Crippen LogP contribution in [0.5, 0.6) is 0 Å². The van der Waals surface area contributed by atoms with E-state index in [1.54, 1.807) is 0 Å². The highest BCUT2D eigenvalue weighted by Crippen LogP contribution is 2.42. The van der Waals surface area contributed by atoms with E-state index < -0.39 is 0 Å². The number of aryl methyl sites for hydroxylation is 2. The molecule has 0 aliphatic heterocycles. The molecule has 3 unspecified atom stereocenters. The standard InChI is InChI=1S/C18H29N/c1-5-15-8-6-7-9-17(15)18(4,19)16-11-10-13(2)14(3)12-16/h10-12,15,17H,5-9,19H2,1-4H3. The molecule has 0 radical (unpaired) electrons. The normalized spacial score (nSPS) is 27.0. The summed E-state index contributed by atoms with van der Waals surface area (Å²) in [6, 6.07) is 6.76. The zero-order chi connectivity index (χ0) is 14.0. The lowest BCUT2D eigenvalue weighted by Crippen LogP contribution is -2.45. The third-order valence-corrected chi connectivity index (χ3v) is 5.33.